The number of aliphatic hydroxyl groups excluding tert-OH is 3. The van der Waals surface area contributed by atoms with Crippen LogP contribution in [-0.2, 0) is 80.5 Å². The number of ketones is 2. The van der Waals surface area contributed by atoms with Crippen LogP contribution in [0.25, 0.3) is 10.9 Å². The maximum Gasteiger partial charge on any atom is 0.246 e. The van der Waals surface area contributed by atoms with Gasteiger partial charge in [-0.2, -0.15) is 11.8 Å². The number of hydrogen-bond acceptors (Lipinski definition) is 18. The van der Waals surface area contributed by atoms with E-state index in [9.17, 15) is 72.9 Å². The zero-order valence-electron chi connectivity index (χ0n) is 47.6. The molecule has 5 aliphatic heterocycles. The Bertz CT molecular complexity index is 2960. The van der Waals surface area contributed by atoms with Crippen LogP contribution in [0.1, 0.15) is 90.2 Å². The molecular weight excluding hydrogens is 1140 g/mol. The molecule has 84 heavy (non-hydrogen) atoms. The van der Waals surface area contributed by atoms with Gasteiger partial charge in [0.05, 0.1) is 73.5 Å². The molecule has 1 aromatic carbocycles. The molecule has 2 aromatic rings. The zero-order valence-corrected chi connectivity index (χ0v) is 49.2. The lowest BCUT2D eigenvalue weighted by molar-refractivity contribution is -0.144. The summed E-state index contributed by atoms with van der Waals surface area (Å²) < 4.78 is 21.2. The number of aromatic amines is 1. The van der Waals surface area contributed by atoms with Gasteiger partial charge in [-0.15, -0.1) is 0 Å². The SMILES string of the molecule is CC[C@H](C)[C@@H]1CC(=O)CNC(=O)[C@H]2CC(=O)[C@H]([C@@H](C)[C@@H](O)CO)NC(=O)[C@@H]3C[C@@H](O)CN3C(=O)[C@H](CC(N)=O)NC(=O)[C@H](CS(=O)c3[nH]c4c(CSC5CCN(C(=O)CCN6C(=O)CC(C)C6=O)C5)c(OC)ccc4c3C2)NC(=O)CNC1=O. The van der Waals surface area contributed by atoms with E-state index in [2.05, 4.69) is 31.6 Å². The summed E-state index contributed by atoms with van der Waals surface area (Å²) in [6.45, 7) is 4.42. The number of primary amides is 1. The van der Waals surface area contributed by atoms with Crippen molar-refractivity contribution in [2.24, 2.45) is 35.3 Å². The van der Waals surface area contributed by atoms with Crippen LogP contribution in [-0.4, -0.2) is 210 Å². The minimum Gasteiger partial charge on any atom is -0.496 e. The molecule has 10 amide bonds. The van der Waals surface area contributed by atoms with E-state index in [1.165, 1.54) is 25.8 Å². The van der Waals surface area contributed by atoms with Crippen molar-refractivity contribution >= 4 is 104 Å². The number of fused-ring (bicyclic) bond motifs is 5. The van der Waals surface area contributed by atoms with E-state index < -0.39 is 194 Å². The van der Waals surface area contributed by atoms with Crippen LogP contribution in [0.5, 0.6) is 5.75 Å². The maximum atomic E-state index is 15.4. The number of nitrogens with one attached hydrogen (secondary N) is 6. The number of imide groups is 1. The third-order valence-electron chi connectivity index (χ3n) is 16.6. The summed E-state index contributed by atoms with van der Waals surface area (Å²) in [5, 5.41) is 44.7. The van der Waals surface area contributed by atoms with Gasteiger partial charge in [-0.05, 0) is 36.5 Å². The third-order valence-corrected chi connectivity index (χ3v) is 19.4. The lowest BCUT2D eigenvalue weighted by Crippen LogP contribution is -2.60. The van der Waals surface area contributed by atoms with Crippen molar-refractivity contribution in [1.29, 1.82) is 0 Å². The zero-order chi connectivity index (χ0) is 61.4. The average molecular weight is 1210 g/mol. The Morgan fingerprint density at radius 2 is 1.63 bits per heavy atom. The number of aliphatic hydroxyl groups is 3. The van der Waals surface area contributed by atoms with E-state index in [0.717, 1.165) is 9.80 Å². The number of aromatic nitrogens is 1. The highest BCUT2D eigenvalue weighted by Crippen LogP contribution is 2.39. The van der Waals surface area contributed by atoms with Gasteiger partial charge >= 0.3 is 0 Å². The van der Waals surface area contributed by atoms with E-state index in [1.54, 1.807) is 37.8 Å². The second kappa shape index (κ2) is 28.4. The molecule has 3 unspecified atom stereocenters. The van der Waals surface area contributed by atoms with E-state index in [0.29, 0.717) is 48.1 Å². The number of Topliss-reactive ketones (excluding diaryl/α,β-unsaturated/α-hetero) is 2. The number of carbonyl (C=O) groups is 12. The number of benzene rings is 1. The fourth-order valence-electron chi connectivity index (χ4n) is 11.4. The molecule has 13 atom stereocenters. The summed E-state index contributed by atoms with van der Waals surface area (Å²) in [4.78, 5) is 173. The van der Waals surface area contributed by atoms with E-state index in [-0.39, 0.29) is 58.7 Å². The Kier molecular flexibility index (Phi) is 21.9. The molecular formula is C55H76N10O17S2. The van der Waals surface area contributed by atoms with Crippen LogP contribution in [0, 0.1) is 29.6 Å². The molecule has 5 aliphatic rings. The Morgan fingerprint density at radius 1 is 0.905 bits per heavy atom. The predicted octanol–water partition coefficient (Wildman–Crippen LogP) is -2.82. The van der Waals surface area contributed by atoms with Crippen LogP contribution in [0.2, 0.25) is 0 Å². The lowest BCUT2D eigenvalue weighted by Gasteiger charge is -2.32. The van der Waals surface area contributed by atoms with Gasteiger partial charge in [0.1, 0.15) is 28.9 Å². The maximum absolute atomic E-state index is 15.4. The van der Waals surface area contributed by atoms with Gasteiger partial charge < -0.3 is 67.2 Å². The number of thioether (sulfide) groups is 1. The summed E-state index contributed by atoms with van der Waals surface area (Å²) in [5.74, 6) is -14.2. The molecule has 460 valence electrons. The number of rotatable bonds is 14. The normalized spacial score (nSPS) is 28.5. The van der Waals surface area contributed by atoms with Gasteiger partial charge in [0.2, 0.25) is 59.1 Å². The fraction of sp³-hybridized carbons (Fsp3) is 0.636. The first-order chi connectivity index (χ1) is 39.8. The Labute approximate surface area is 491 Å². The molecule has 1 aromatic heterocycles. The van der Waals surface area contributed by atoms with Crippen molar-refractivity contribution in [3.8, 4) is 5.75 Å². The topological polar surface area (TPSA) is 404 Å². The lowest BCUT2D eigenvalue weighted by atomic mass is 9.85. The molecule has 27 nitrogen and oxygen atoms in total. The monoisotopic (exact) mass is 1210 g/mol. The van der Waals surface area contributed by atoms with Gasteiger partial charge in [-0.3, -0.25) is 66.6 Å². The number of hydrogen-bond donors (Lipinski definition) is 10. The second-order valence-corrected chi connectivity index (χ2v) is 25.2. The van der Waals surface area contributed by atoms with E-state index in [1.807, 2.05) is 0 Å². The number of methoxy groups -OCH3 is 1. The summed E-state index contributed by atoms with van der Waals surface area (Å²) in [6.07, 6.45) is -4.82. The molecule has 0 spiro atoms. The Hall–Kier alpha value is -6.82. The highest BCUT2D eigenvalue weighted by Gasteiger charge is 2.45. The minimum atomic E-state index is -2.44. The van der Waals surface area contributed by atoms with E-state index in [4.69, 9.17) is 10.5 Å². The van der Waals surface area contributed by atoms with Gasteiger partial charge in [-0.1, -0.05) is 34.1 Å². The van der Waals surface area contributed by atoms with Crippen molar-refractivity contribution in [3.63, 3.8) is 0 Å². The number of carbonyl (C=O) groups excluding carboxylic acids is 12. The molecule has 11 N–H and O–H groups in total. The van der Waals surface area contributed by atoms with Gasteiger partial charge in [-0.25, -0.2) is 0 Å². The first kappa shape index (κ1) is 64.7. The predicted molar refractivity (Wildman–Crippen MR) is 301 cm³/mol. The number of H-pyrrole nitrogens is 1. The molecule has 0 saturated carbocycles. The van der Waals surface area contributed by atoms with Crippen LogP contribution < -0.4 is 37.1 Å². The minimum absolute atomic E-state index is 0.0274. The van der Waals surface area contributed by atoms with Crippen molar-refractivity contribution < 1.29 is 81.8 Å². The molecule has 0 aliphatic carbocycles. The third kappa shape index (κ3) is 15.2. The standard InChI is InChI=1S/C55H76N10O17S2/c1-6-26(2)34-16-30(67)19-57-49(75)29-14-35-33-7-8-42(82-5)36(24-83-32-9-11-63(22-32)45(73)10-12-64-46(74)13-27(3)54(64)79)48(33)62-53(35)84(81)25-38(59-44(72)20-58-50(34)76)51(77)60-37(18-43(56)71)55(80)65-21-31(68)17-39(65)52(78)61-47(40(69)15-29)28(4)41(70)23-66/h7-8,26-29,31-32,34,37-39,41,47,62,66,68,70H,6,9-25H2,1-5H3,(H2,56,71)(H,57,75)(H,58,76)(H,59,72)(H,60,77)(H,61,78)/t26-,27?,28-,29+,31+,32?,34-,37-,38-,39-,41-,47-,84?/m0/s1. The van der Waals surface area contributed by atoms with Crippen LogP contribution >= 0.6 is 11.8 Å². The number of nitrogens with two attached hydrogens (primary N) is 1. The van der Waals surface area contributed by atoms with Gasteiger partial charge in [0, 0.05) is 104 Å². The largest absolute Gasteiger partial charge is 0.496 e. The molecule has 7 rings (SSSR count). The number of nitrogens with zero attached hydrogens (tertiary/aromatic N) is 3. The van der Waals surface area contributed by atoms with Crippen molar-refractivity contribution in [2.45, 2.75) is 138 Å². The van der Waals surface area contributed by atoms with Crippen LogP contribution in [0.3, 0.4) is 0 Å². The van der Waals surface area contributed by atoms with Crippen LogP contribution in [0.4, 0.5) is 0 Å². The summed E-state index contributed by atoms with van der Waals surface area (Å²) in [7, 11) is -1.01. The number of likely N-dealkylation sites (tertiary alicyclic amines) is 2. The Morgan fingerprint density at radius 3 is 2.30 bits per heavy atom. The molecule has 3 saturated heterocycles. The summed E-state index contributed by atoms with van der Waals surface area (Å²) >= 11 is 1.47. The quantitative estimate of drug-likeness (QED) is 0.0853. The summed E-state index contributed by atoms with van der Waals surface area (Å²) in [6, 6.07) is -3.74. The number of amides is 10. The molecule has 3 fully saturated rings. The molecule has 2 bridgehead atoms. The fourth-order valence-corrected chi connectivity index (χ4v) is 14.1. The van der Waals surface area contributed by atoms with E-state index >= 15 is 4.21 Å². The van der Waals surface area contributed by atoms with Crippen molar-refractivity contribution in [3.05, 3.63) is 23.3 Å². The Balaban J connectivity index is 1.34. The highest BCUT2D eigenvalue weighted by molar-refractivity contribution is 7.99. The second-order valence-electron chi connectivity index (χ2n) is 22.5. The molecule has 6 heterocycles. The average Bonchev–Trinajstić information content (AvgIpc) is 2.29. The van der Waals surface area contributed by atoms with Crippen molar-refractivity contribution in [2.75, 3.05) is 58.7 Å². The molecule has 29 heteroatoms. The highest BCUT2D eigenvalue weighted by atomic mass is 32.2. The molecule has 0 radical (unpaired) electrons. The summed E-state index contributed by atoms with van der Waals surface area (Å²) in [5.41, 5.74) is 6.62. The smallest absolute Gasteiger partial charge is 0.246 e. The van der Waals surface area contributed by atoms with Gasteiger partial charge in [0.25, 0.3) is 0 Å². The first-order valence-corrected chi connectivity index (χ1v) is 30.6. The first-order valence-electron chi connectivity index (χ1n) is 28.2. The number of ether oxygens (including phenoxy) is 1. The van der Waals surface area contributed by atoms with Crippen LogP contribution in [0.15, 0.2) is 17.2 Å². The van der Waals surface area contributed by atoms with Crippen molar-refractivity contribution in [1.82, 2.24) is 46.3 Å². The van der Waals surface area contributed by atoms with Gasteiger partial charge in [0.15, 0.2) is 11.6 Å².